The van der Waals surface area contributed by atoms with E-state index in [1.807, 2.05) is 49.4 Å². The standard InChI is InChI=1S/C20H26N2O2/c1-4-22(18-10-6-5-7-11-18)20(23)21-13-14-24-19-12-8-9-17(15-19)16(2)3/h5-12,15-16H,4,13-14H2,1-3H3,(H,21,23). The lowest BCUT2D eigenvalue weighted by Crippen LogP contribution is -2.41. The maximum Gasteiger partial charge on any atom is 0.321 e. The van der Waals surface area contributed by atoms with E-state index < -0.39 is 0 Å². The van der Waals surface area contributed by atoms with Crippen molar-refractivity contribution in [3.63, 3.8) is 0 Å². The van der Waals surface area contributed by atoms with Crippen LogP contribution in [-0.2, 0) is 0 Å². The summed E-state index contributed by atoms with van der Waals surface area (Å²) in [5.74, 6) is 1.31. The number of hydrogen-bond donors (Lipinski definition) is 1. The van der Waals surface area contributed by atoms with E-state index in [0.717, 1.165) is 11.4 Å². The van der Waals surface area contributed by atoms with Crippen molar-refractivity contribution < 1.29 is 9.53 Å². The first-order valence-corrected chi connectivity index (χ1v) is 8.45. The zero-order valence-corrected chi connectivity index (χ0v) is 14.7. The van der Waals surface area contributed by atoms with Crippen LogP contribution in [0.3, 0.4) is 0 Å². The van der Waals surface area contributed by atoms with Crippen LogP contribution < -0.4 is 15.0 Å². The number of nitrogens with zero attached hydrogens (tertiary/aromatic N) is 1. The van der Waals surface area contributed by atoms with E-state index in [-0.39, 0.29) is 6.03 Å². The molecule has 0 saturated carbocycles. The molecule has 0 saturated heterocycles. The van der Waals surface area contributed by atoms with Crippen molar-refractivity contribution in [2.24, 2.45) is 0 Å². The highest BCUT2D eigenvalue weighted by Gasteiger charge is 2.12. The van der Waals surface area contributed by atoms with Gasteiger partial charge in [0.2, 0.25) is 0 Å². The minimum Gasteiger partial charge on any atom is -0.492 e. The maximum atomic E-state index is 12.3. The van der Waals surface area contributed by atoms with Crippen LogP contribution in [0.2, 0.25) is 0 Å². The second-order valence-corrected chi connectivity index (χ2v) is 5.89. The highest BCUT2D eigenvalue weighted by molar-refractivity contribution is 5.91. The lowest BCUT2D eigenvalue weighted by Gasteiger charge is -2.21. The summed E-state index contributed by atoms with van der Waals surface area (Å²) >= 11 is 0. The molecule has 0 aliphatic heterocycles. The summed E-state index contributed by atoms with van der Waals surface area (Å²) in [6.45, 7) is 7.80. The normalized spacial score (nSPS) is 10.5. The van der Waals surface area contributed by atoms with Gasteiger partial charge in [-0.15, -0.1) is 0 Å². The Morgan fingerprint density at radius 3 is 2.54 bits per heavy atom. The van der Waals surface area contributed by atoms with E-state index in [1.165, 1.54) is 5.56 Å². The predicted octanol–water partition coefficient (Wildman–Crippen LogP) is 4.42. The van der Waals surface area contributed by atoms with E-state index >= 15 is 0 Å². The molecule has 0 aromatic heterocycles. The van der Waals surface area contributed by atoms with Crippen LogP contribution in [0, 0.1) is 0 Å². The van der Waals surface area contributed by atoms with Crippen LogP contribution in [0.4, 0.5) is 10.5 Å². The lowest BCUT2D eigenvalue weighted by molar-refractivity contribution is 0.242. The van der Waals surface area contributed by atoms with Crippen LogP contribution in [0.15, 0.2) is 54.6 Å². The smallest absolute Gasteiger partial charge is 0.321 e. The van der Waals surface area contributed by atoms with Gasteiger partial charge in [0.15, 0.2) is 0 Å². The van der Waals surface area contributed by atoms with Crippen molar-refractivity contribution in [1.29, 1.82) is 0 Å². The Labute approximate surface area is 144 Å². The molecule has 128 valence electrons. The molecule has 1 N–H and O–H groups in total. The third-order valence-electron chi connectivity index (χ3n) is 3.80. The minimum atomic E-state index is -0.108. The summed E-state index contributed by atoms with van der Waals surface area (Å²) in [5.41, 5.74) is 2.14. The number of benzene rings is 2. The molecule has 0 spiro atoms. The van der Waals surface area contributed by atoms with Gasteiger partial charge in [0.25, 0.3) is 0 Å². The molecule has 4 heteroatoms. The Balaban J connectivity index is 1.81. The fraction of sp³-hybridized carbons (Fsp3) is 0.350. The first-order valence-electron chi connectivity index (χ1n) is 8.45. The molecule has 0 fully saturated rings. The number of rotatable bonds is 7. The van der Waals surface area contributed by atoms with Crippen LogP contribution in [-0.4, -0.2) is 25.7 Å². The summed E-state index contributed by atoms with van der Waals surface area (Å²) in [6, 6.07) is 17.6. The fourth-order valence-electron chi connectivity index (χ4n) is 2.44. The van der Waals surface area contributed by atoms with Crippen LogP contribution in [0.1, 0.15) is 32.3 Å². The third kappa shape index (κ3) is 5.01. The number of carbonyl (C=O) groups is 1. The predicted molar refractivity (Wildman–Crippen MR) is 98.9 cm³/mol. The molecule has 2 aromatic rings. The van der Waals surface area contributed by atoms with E-state index in [9.17, 15) is 4.79 Å². The van der Waals surface area contributed by atoms with Crippen molar-refractivity contribution in [1.82, 2.24) is 5.32 Å². The molecule has 24 heavy (non-hydrogen) atoms. The van der Waals surface area contributed by atoms with Crippen molar-refractivity contribution in [2.45, 2.75) is 26.7 Å². The Bertz CT molecular complexity index is 641. The molecule has 0 aliphatic carbocycles. The summed E-state index contributed by atoms with van der Waals surface area (Å²) in [5, 5.41) is 2.90. The average Bonchev–Trinajstić information content (AvgIpc) is 2.60. The second kappa shape index (κ2) is 8.96. The van der Waals surface area contributed by atoms with Gasteiger partial charge < -0.3 is 10.1 Å². The Hall–Kier alpha value is -2.49. The van der Waals surface area contributed by atoms with Crippen molar-refractivity contribution in [2.75, 3.05) is 24.6 Å². The zero-order chi connectivity index (χ0) is 17.4. The van der Waals surface area contributed by atoms with E-state index in [1.54, 1.807) is 4.90 Å². The topological polar surface area (TPSA) is 41.6 Å². The molecule has 4 nitrogen and oxygen atoms in total. The molecule has 0 heterocycles. The van der Waals surface area contributed by atoms with Gasteiger partial charge >= 0.3 is 6.03 Å². The fourth-order valence-corrected chi connectivity index (χ4v) is 2.44. The number of carbonyl (C=O) groups excluding carboxylic acids is 1. The molecule has 0 atom stereocenters. The van der Waals surface area contributed by atoms with Crippen molar-refractivity contribution in [3.8, 4) is 5.75 Å². The molecule has 2 aromatic carbocycles. The van der Waals surface area contributed by atoms with E-state index in [2.05, 4.69) is 31.3 Å². The summed E-state index contributed by atoms with van der Waals surface area (Å²) < 4.78 is 5.73. The van der Waals surface area contributed by atoms with Gasteiger partial charge in [0.1, 0.15) is 12.4 Å². The first kappa shape index (κ1) is 17.9. The Morgan fingerprint density at radius 2 is 1.88 bits per heavy atom. The number of ether oxygens (including phenoxy) is 1. The number of nitrogens with one attached hydrogen (secondary N) is 1. The molecular weight excluding hydrogens is 300 g/mol. The SMILES string of the molecule is CCN(C(=O)NCCOc1cccc(C(C)C)c1)c1ccccc1. The van der Waals surface area contributed by atoms with Crippen LogP contribution >= 0.6 is 0 Å². The highest BCUT2D eigenvalue weighted by Crippen LogP contribution is 2.20. The molecule has 0 bridgehead atoms. The monoisotopic (exact) mass is 326 g/mol. The number of anilines is 1. The Morgan fingerprint density at radius 1 is 1.12 bits per heavy atom. The number of amides is 2. The van der Waals surface area contributed by atoms with Gasteiger partial charge in [-0.3, -0.25) is 4.90 Å². The summed E-state index contributed by atoms with van der Waals surface area (Å²) in [7, 11) is 0. The molecule has 0 radical (unpaired) electrons. The van der Waals surface area contributed by atoms with E-state index in [0.29, 0.717) is 25.6 Å². The number of hydrogen-bond acceptors (Lipinski definition) is 2. The highest BCUT2D eigenvalue weighted by atomic mass is 16.5. The summed E-state index contributed by atoms with van der Waals surface area (Å²) in [4.78, 5) is 14.0. The molecule has 0 aliphatic rings. The molecule has 0 unspecified atom stereocenters. The molecule has 2 rings (SSSR count). The quantitative estimate of drug-likeness (QED) is 0.765. The molecular formula is C20H26N2O2. The first-order chi connectivity index (χ1) is 11.6. The zero-order valence-electron chi connectivity index (χ0n) is 14.7. The maximum absolute atomic E-state index is 12.3. The van der Waals surface area contributed by atoms with Crippen LogP contribution in [0.5, 0.6) is 5.75 Å². The minimum absolute atomic E-state index is 0.108. The van der Waals surface area contributed by atoms with Gasteiger partial charge in [0.05, 0.1) is 6.54 Å². The number of para-hydroxylation sites is 1. The van der Waals surface area contributed by atoms with E-state index in [4.69, 9.17) is 4.74 Å². The van der Waals surface area contributed by atoms with Gasteiger partial charge in [-0.1, -0.05) is 44.2 Å². The largest absolute Gasteiger partial charge is 0.492 e. The lowest BCUT2D eigenvalue weighted by atomic mass is 10.0. The van der Waals surface area contributed by atoms with Crippen molar-refractivity contribution >= 4 is 11.7 Å². The third-order valence-corrected chi connectivity index (χ3v) is 3.80. The van der Waals surface area contributed by atoms with Gasteiger partial charge in [-0.05, 0) is 42.7 Å². The number of urea groups is 1. The molecule has 2 amide bonds. The second-order valence-electron chi connectivity index (χ2n) is 5.89. The van der Waals surface area contributed by atoms with Gasteiger partial charge in [-0.2, -0.15) is 0 Å². The Kier molecular flexibility index (Phi) is 6.67. The average molecular weight is 326 g/mol. The summed E-state index contributed by atoms with van der Waals surface area (Å²) in [6.07, 6.45) is 0. The van der Waals surface area contributed by atoms with Gasteiger partial charge in [0, 0.05) is 12.2 Å². The van der Waals surface area contributed by atoms with Crippen LogP contribution in [0.25, 0.3) is 0 Å². The van der Waals surface area contributed by atoms with Gasteiger partial charge in [-0.25, -0.2) is 4.79 Å². The van der Waals surface area contributed by atoms with Crippen molar-refractivity contribution in [3.05, 3.63) is 60.2 Å².